The molecule has 2 aromatic rings. The third-order valence-electron chi connectivity index (χ3n) is 5.17. The van der Waals surface area contributed by atoms with E-state index in [1.54, 1.807) is 11.8 Å². The average molecular weight is 346 g/mol. The molecule has 1 fully saturated rings. The molecule has 0 aliphatic carbocycles. The highest BCUT2D eigenvalue weighted by molar-refractivity contribution is 5.84. The van der Waals surface area contributed by atoms with Gasteiger partial charge in [-0.2, -0.15) is 5.10 Å². The SMILES string of the molecule is COc1c([C@H]2CCCN2C(=O)[C@@H](C)c2c(C)noc2C)c(C)nn1C. The maximum atomic E-state index is 13.2. The molecule has 0 unspecified atom stereocenters. The molecule has 1 amide bonds. The van der Waals surface area contributed by atoms with Crippen LogP contribution in [-0.4, -0.2) is 39.4 Å². The molecule has 1 saturated heterocycles. The van der Waals surface area contributed by atoms with Gasteiger partial charge in [-0.15, -0.1) is 0 Å². The minimum absolute atomic E-state index is 0.000859. The van der Waals surface area contributed by atoms with E-state index in [1.165, 1.54) is 0 Å². The van der Waals surface area contributed by atoms with Gasteiger partial charge >= 0.3 is 0 Å². The Morgan fingerprint density at radius 3 is 2.64 bits per heavy atom. The highest BCUT2D eigenvalue weighted by Gasteiger charge is 2.38. The molecular weight excluding hydrogens is 320 g/mol. The molecule has 0 bridgehead atoms. The normalized spacial score (nSPS) is 18.6. The molecule has 3 heterocycles. The molecule has 136 valence electrons. The van der Waals surface area contributed by atoms with Crippen LogP contribution in [0.1, 0.15) is 60.0 Å². The number of hydrogen-bond acceptors (Lipinski definition) is 5. The topological polar surface area (TPSA) is 73.4 Å². The van der Waals surface area contributed by atoms with E-state index >= 15 is 0 Å². The number of carbonyl (C=O) groups excluding carboxylic acids is 1. The minimum Gasteiger partial charge on any atom is -0.481 e. The van der Waals surface area contributed by atoms with Crippen LogP contribution < -0.4 is 4.74 Å². The maximum absolute atomic E-state index is 13.2. The molecule has 0 spiro atoms. The van der Waals surface area contributed by atoms with Gasteiger partial charge in [0.25, 0.3) is 0 Å². The first kappa shape index (κ1) is 17.5. The summed E-state index contributed by atoms with van der Waals surface area (Å²) in [5, 5.41) is 8.46. The Morgan fingerprint density at radius 2 is 2.04 bits per heavy atom. The number of amides is 1. The summed E-state index contributed by atoms with van der Waals surface area (Å²) >= 11 is 0. The summed E-state index contributed by atoms with van der Waals surface area (Å²) in [6.07, 6.45) is 1.89. The Morgan fingerprint density at radius 1 is 1.32 bits per heavy atom. The van der Waals surface area contributed by atoms with E-state index in [0.29, 0.717) is 5.76 Å². The number of methoxy groups -OCH3 is 1. The third-order valence-corrected chi connectivity index (χ3v) is 5.17. The van der Waals surface area contributed by atoms with E-state index in [0.717, 1.165) is 47.8 Å². The van der Waals surface area contributed by atoms with Crippen LogP contribution in [0, 0.1) is 20.8 Å². The molecular formula is C18H26N4O3. The van der Waals surface area contributed by atoms with Crippen molar-refractivity contribution in [2.45, 2.75) is 52.5 Å². The number of ether oxygens (including phenoxy) is 1. The summed E-state index contributed by atoms with van der Waals surface area (Å²) in [5.74, 6) is 1.26. The predicted octanol–water partition coefficient (Wildman–Crippen LogP) is 2.81. The van der Waals surface area contributed by atoms with Crippen molar-refractivity contribution in [2.75, 3.05) is 13.7 Å². The molecule has 0 radical (unpaired) electrons. The van der Waals surface area contributed by atoms with E-state index in [2.05, 4.69) is 10.3 Å². The molecule has 2 atom stereocenters. The van der Waals surface area contributed by atoms with Crippen LogP contribution in [0.25, 0.3) is 0 Å². The number of aryl methyl sites for hydroxylation is 4. The van der Waals surface area contributed by atoms with Crippen molar-refractivity contribution < 1.29 is 14.1 Å². The molecule has 25 heavy (non-hydrogen) atoms. The van der Waals surface area contributed by atoms with Crippen molar-refractivity contribution in [1.29, 1.82) is 0 Å². The second-order valence-electron chi connectivity index (χ2n) is 6.78. The second-order valence-corrected chi connectivity index (χ2v) is 6.78. The van der Waals surface area contributed by atoms with Gasteiger partial charge in [-0.25, -0.2) is 4.68 Å². The van der Waals surface area contributed by atoms with Gasteiger partial charge in [-0.3, -0.25) is 4.79 Å². The summed E-state index contributed by atoms with van der Waals surface area (Å²) in [6, 6.07) is -0.000859. The number of hydrogen-bond donors (Lipinski definition) is 0. The zero-order valence-corrected chi connectivity index (χ0v) is 15.8. The number of carbonyl (C=O) groups is 1. The zero-order valence-electron chi connectivity index (χ0n) is 15.8. The van der Waals surface area contributed by atoms with Gasteiger partial charge in [0.2, 0.25) is 11.8 Å². The van der Waals surface area contributed by atoms with Crippen molar-refractivity contribution in [1.82, 2.24) is 19.8 Å². The lowest BCUT2D eigenvalue weighted by molar-refractivity contribution is -0.133. The molecule has 7 heteroatoms. The van der Waals surface area contributed by atoms with Gasteiger partial charge in [0, 0.05) is 19.2 Å². The summed E-state index contributed by atoms with van der Waals surface area (Å²) in [7, 11) is 3.51. The average Bonchev–Trinajstić information content (AvgIpc) is 3.23. The molecule has 1 aliphatic rings. The Balaban J connectivity index is 1.93. The fraction of sp³-hybridized carbons (Fsp3) is 0.611. The summed E-state index contributed by atoms with van der Waals surface area (Å²) in [6.45, 7) is 8.38. The standard InChI is InChI=1S/C18H26N4O3/c1-10(15-12(3)20-25-13(15)4)17(23)22-9-7-8-14(22)16-11(2)19-21(5)18(16)24-6/h10,14H,7-9H2,1-6H3/t10-,14+/m0/s1. The van der Waals surface area contributed by atoms with Gasteiger partial charge in [0.15, 0.2) is 0 Å². The first-order valence-corrected chi connectivity index (χ1v) is 8.67. The molecule has 7 nitrogen and oxygen atoms in total. The van der Waals surface area contributed by atoms with Gasteiger partial charge in [-0.05, 0) is 40.5 Å². The van der Waals surface area contributed by atoms with Crippen molar-refractivity contribution >= 4 is 5.91 Å². The lowest BCUT2D eigenvalue weighted by atomic mass is 9.96. The lowest BCUT2D eigenvalue weighted by Gasteiger charge is -2.28. The Bertz CT molecular complexity index is 773. The van der Waals surface area contributed by atoms with Crippen LogP contribution in [0.2, 0.25) is 0 Å². The highest BCUT2D eigenvalue weighted by Crippen LogP contribution is 2.40. The largest absolute Gasteiger partial charge is 0.481 e. The Hall–Kier alpha value is -2.31. The van der Waals surface area contributed by atoms with Crippen molar-refractivity contribution in [3.8, 4) is 5.88 Å². The fourth-order valence-corrected chi connectivity index (χ4v) is 4.09. The van der Waals surface area contributed by atoms with Crippen LogP contribution >= 0.6 is 0 Å². The number of aromatic nitrogens is 3. The Kier molecular flexibility index (Phi) is 4.58. The van der Waals surface area contributed by atoms with Crippen molar-refractivity contribution in [3.05, 3.63) is 28.3 Å². The molecule has 0 saturated carbocycles. The van der Waals surface area contributed by atoms with E-state index in [-0.39, 0.29) is 17.9 Å². The van der Waals surface area contributed by atoms with Crippen LogP contribution in [0.3, 0.4) is 0 Å². The smallest absolute Gasteiger partial charge is 0.230 e. The molecule has 1 aliphatic heterocycles. The monoisotopic (exact) mass is 346 g/mol. The summed E-state index contributed by atoms with van der Waals surface area (Å²) < 4.78 is 12.5. The summed E-state index contributed by atoms with van der Waals surface area (Å²) in [5.41, 5.74) is 3.60. The van der Waals surface area contributed by atoms with Crippen molar-refractivity contribution in [3.63, 3.8) is 0 Å². The van der Waals surface area contributed by atoms with E-state index in [1.807, 2.05) is 39.6 Å². The minimum atomic E-state index is -0.283. The third kappa shape index (κ3) is 2.81. The molecule has 0 N–H and O–H groups in total. The number of rotatable bonds is 4. The number of nitrogens with zero attached hydrogens (tertiary/aromatic N) is 4. The van der Waals surface area contributed by atoms with Crippen LogP contribution in [0.15, 0.2) is 4.52 Å². The zero-order chi connectivity index (χ0) is 18.3. The first-order valence-electron chi connectivity index (χ1n) is 8.67. The second kappa shape index (κ2) is 6.54. The van der Waals surface area contributed by atoms with Gasteiger partial charge < -0.3 is 14.2 Å². The molecule has 0 aromatic carbocycles. The highest BCUT2D eigenvalue weighted by atomic mass is 16.5. The van der Waals surface area contributed by atoms with Gasteiger partial charge in [0.1, 0.15) is 5.76 Å². The van der Waals surface area contributed by atoms with E-state index in [9.17, 15) is 4.79 Å². The van der Waals surface area contributed by atoms with Gasteiger partial charge in [-0.1, -0.05) is 5.16 Å². The maximum Gasteiger partial charge on any atom is 0.230 e. The van der Waals surface area contributed by atoms with Crippen molar-refractivity contribution in [2.24, 2.45) is 7.05 Å². The van der Waals surface area contributed by atoms with Crippen LogP contribution in [0.4, 0.5) is 0 Å². The number of likely N-dealkylation sites (tertiary alicyclic amines) is 1. The quantitative estimate of drug-likeness (QED) is 0.851. The molecule has 2 aromatic heterocycles. The molecule has 3 rings (SSSR count). The van der Waals surface area contributed by atoms with Crippen LogP contribution in [0.5, 0.6) is 5.88 Å². The first-order chi connectivity index (χ1) is 11.9. The summed E-state index contributed by atoms with van der Waals surface area (Å²) in [4.78, 5) is 15.2. The lowest BCUT2D eigenvalue weighted by Crippen LogP contribution is -2.34. The van der Waals surface area contributed by atoms with Crippen LogP contribution in [-0.2, 0) is 11.8 Å². The predicted molar refractivity (Wildman–Crippen MR) is 92.6 cm³/mol. The Labute approximate surface area is 147 Å². The van der Waals surface area contributed by atoms with E-state index < -0.39 is 0 Å². The van der Waals surface area contributed by atoms with Gasteiger partial charge in [0.05, 0.1) is 36.0 Å². The van der Waals surface area contributed by atoms with E-state index in [4.69, 9.17) is 9.26 Å². The fourth-order valence-electron chi connectivity index (χ4n) is 4.09.